The van der Waals surface area contributed by atoms with Crippen molar-refractivity contribution in [1.29, 1.82) is 0 Å². The number of pyridine rings is 1. The van der Waals surface area contributed by atoms with Crippen LogP contribution in [-0.4, -0.2) is 12.0 Å². The van der Waals surface area contributed by atoms with E-state index in [1.54, 1.807) is 0 Å². The number of anilines is 1. The summed E-state index contributed by atoms with van der Waals surface area (Å²) in [6.07, 6.45) is 0.970. The SMILES string of the molecule is CCc1cc(NC)c2c(C)cc(C)cc2n1. The summed E-state index contributed by atoms with van der Waals surface area (Å²) in [5.74, 6) is 0. The molecule has 0 saturated heterocycles. The fourth-order valence-corrected chi connectivity index (χ4v) is 2.19. The minimum Gasteiger partial charge on any atom is -0.388 e. The van der Waals surface area contributed by atoms with Crippen LogP contribution in [0.15, 0.2) is 18.2 Å². The van der Waals surface area contributed by atoms with E-state index in [1.807, 2.05) is 7.05 Å². The highest BCUT2D eigenvalue weighted by Crippen LogP contribution is 2.27. The zero-order chi connectivity index (χ0) is 11.7. The number of aromatic nitrogens is 1. The van der Waals surface area contributed by atoms with E-state index < -0.39 is 0 Å². The normalized spacial score (nSPS) is 10.8. The van der Waals surface area contributed by atoms with E-state index in [0.717, 1.165) is 17.6 Å². The molecule has 1 aromatic carbocycles. The summed E-state index contributed by atoms with van der Waals surface area (Å²) in [4.78, 5) is 4.68. The summed E-state index contributed by atoms with van der Waals surface area (Å²) in [7, 11) is 1.97. The lowest BCUT2D eigenvalue weighted by Crippen LogP contribution is -1.97. The second-order valence-electron chi connectivity index (χ2n) is 4.24. The summed E-state index contributed by atoms with van der Waals surface area (Å²) in [5, 5.41) is 4.51. The first-order valence-electron chi connectivity index (χ1n) is 5.74. The molecule has 0 aliphatic rings. The highest BCUT2D eigenvalue weighted by Gasteiger charge is 2.07. The molecule has 0 aliphatic carbocycles. The lowest BCUT2D eigenvalue weighted by atomic mass is 10.0. The predicted molar refractivity (Wildman–Crippen MR) is 70.1 cm³/mol. The third-order valence-electron chi connectivity index (χ3n) is 2.93. The molecule has 0 fully saturated rings. The van der Waals surface area contributed by atoms with Crippen molar-refractivity contribution in [2.45, 2.75) is 27.2 Å². The van der Waals surface area contributed by atoms with Crippen LogP contribution in [0, 0.1) is 13.8 Å². The molecule has 1 N–H and O–H groups in total. The molecule has 0 unspecified atom stereocenters. The summed E-state index contributed by atoms with van der Waals surface area (Å²) in [5.41, 5.74) is 5.98. The Balaban J connectivity index is 2.83. The van der Waals surface area contributed by atoms with E-state index >= 15 is 0 Å². The van der Waals surface area contributed by atoms with Crippen molar-refractivity contribution in [2.75, 3.05) is 12.4 Å². The molecule has 0 aliphatic heterocycles. The van der Waals surface area contributed by atoms with Gasteiger partial charge in [-0.15, -0.1) is 0 Å². The predicted octanol–water partition coefficient (Wildman–Crippen LogP) is 3.46. The largest absolute Gasteiger partial charge is 0.388 e. The van der Waals surface area contributed by atoms with Crippen LogP contribution in [-0.2, 0) is 6.42 Å². The zero-order valence-corrected chi connectivity index (χ0v) is 10.4. The number of hydrogen-bond donors (Lipinski definition) is 1. The molecular weight excluding hydrogens is 196 g/mol. The molecule has 0 amide bonds. The van der Waals surface area contributed by atoms with Crippen LogP contribution in [0.4, 0.5) is 5.69 Å². The number of fused-ring (bicyclic) bond motifs is 1. The number of rotatable bonds is 2. The van der Waals surface area contributed by atoms with Crippen LogP contribution in [0.25, 0.3) is 10.9 Å². The molecule has 2 rings (SSSR count). The molecule has 0 radical (unpaired) electrons. The fourth-order valence-electron chi connectivity index (χ4n) is 2.19. The van der Waals surface area contributed by atoms with Gasteiger partial charge in [-0.3, -0.25) is 4.98 Å². The highest BCUT2D eigenvalue weighted by atomic mass is 14.8. The van der Waals surface area contributed by atoms with Gasteiger partial charge in [0.2, 0.25) is 0 Å². The molecule has 0 spiro atoms. The average Bonchev–Trinajstić information content (AvgIpc) is 2.26. The van der Waals surface area contributed by atoms with Crippen LogP contribution >= 0.6 is 0 Å². The number of hydrogen-bond acceptors (Lipinski definition) is 2. The number of nitrogens with zero attached hydrogens (tertiary/aromatic N) is 1. The second-order valence-corrected chi connectivity index (χ2v) is 4.24. The monoisotopic (exact) mass is 214 g/mol. The maximum absolute atomic E-state index is 4.68. The quantitative estimate of drug-likeness (QED) is 0.828. The molecule has 2 heteroatoms. The molecular formula is C14H18N2. The number of nitrogens with one attached hydrogen (secondary N) is 1. The first-order valence-corrected chi connectivity index (χ1v) is 5.74. The van der Waals surface area contributed by atoms with Gasteiger partial charge in [0, 0.05) is 23.8 Å². The van der Waals surface area contributed by atoms with E-state index in [4.69, 9.17) is 0 Å². The minimum absolute atomic E-state index is 0.970. The Morgan fingerprint density at radius 1 is 1.19 bits per heavy atom. The van der Waals surface area contributed by atoms with Crippen molar-refractivity contribution < 1.29 is 0 Å². The molecule has 84 valence electrons. The van der Waals surface area contributed by atoms with Crippen molar-refractivity contribution in [3.63, 3.8) is 0 Å². The van der Waals surface area contributed by atoms with Crippen molar-refractivity contribution in [2.24, 2.45) is 0 Å². The smallest absolute Gasteiger partial charge is 0.0731 e. The lowest BCUT2D eigenvalue weighted by molar-refractivity contribution is 1.06. The van der Waals surface area contributed by atoms with Gasteiger partial charge in [0.25, 0.3) is 0 Å². The molecule has 0 bridgehead atoms. The third-order valence-corrected chi connectivity index (χ3v) is 2.93. The molecule has 1 heterocycles. The third kappa shape index (κ3) is 1.75. The van der Waals surface area contributed by atoms with Crippen molar-refractivity contribution in [3.05, 3.63) is 35.0 Å². The van der Waals surface area contributed by atoms with Gasteiger partial charge in [-0.25, -0.2) is 0 Å². The number of aryl methyl sites for hydroxylation is 3. The first kappa shape index (κ1) is 10.9. The van der Waals surface area contributed by atoms with Crippen molar-refractivity contribution >= 4 is 16.6 Å². The maximum Gasteiger partial charge on any atom is 0.0731 e. The second kappa shape index (κ2) is 4.12. The molecule has 2 aromatic rings. The van der Waals surface area contributed by atoms with Gasteiger partial charge in [-0.2, -0.15) is 0 Å². The van der Waals surface area contributed by atoms with Crippen LogP contribution in [0.1, 0.15) is 23.7 Å². The Kier molecular flexibility index (Phi) is 2.82. The lowest BCUT2D eigenvalue weighted by Gasteiger charge is -2.11. The summed E-state index contributed by atoms with van der Waals surface area (Å²) in [6, 6.07) is 6.50. The van der Waals surface area contributed by atoms with E-state index in [1.165, 1.54) is 22.2 Å². The minimum atomic E-state index is 0.970. The van der Waals surface area contributed by atoms with E-state index in [0.29, 0.717) is 0 Å². The fraction of sp³-hybridized carbons (Fsp3) is 0.357. The molecule has 0 atom stereocenters. The Bertz CT molecular complexity index is 530. The molecule has 1 aromatic heterocycles. The van der Waals surface area contributed by atoms with Crippen LogP contribution in [0.3, 0.4) is 0 Å². The van der Waals surface area contributed by atoms with Crippen molar-refractivity contribution in [1.82, 2.24) is 4.98 Å². The summed E-state index contributed by atoms with van der Waals surface area (Å²) < 4.78 is 0. The van der Waals surface area contributed by atoms with E-state index in [-0.39, 0.29) is 0 Å². The Hall–Kier alpha value is -1.57. The standard InChI is InChI=1S/C14H18N2/c1-5-11-8-12(15-4)14-10(3)6-9(2)7-13(14)16-11/h6-8H,5H2,1-4H3,(H,15,16). The van der Waals surface area contributed by atoms with Gasteiger partial charge >= 0.3 is 0 Å². The van der Waals surface area contributed by atoms with Gasteiger partial charge in [-0.1, -0.05) is 13.0 Å². The van der Waals surface area contributed by atoms with Crippen molar-refractivity contribution in [3.8, 4) is 0 Å². The maximum atomic E-state index is 4.68. The van der Waals surface area contributed by atoms with Crippen LogP contribution < -0.4 is 5.32 Å². The van der Waals surface area contributed by atoms with Crippen LogP contribution in [0.5, 0.6) is 0 Å². The Morgan fingerprint density at radius 3 is 2.56 bits per heavy atom. The van der Waals surface area contributed by atoms with Crippen LogP contribution in [0.2, 0.25) is 0 Å². The molecule has 16 heavy (non-hydrogen) atoms. The molecule has 0 saturated carbocycles. The van der Waals surface area contributed by atoms with Gasteiger partial charge in [0.1, 0.15) is 0 Å². The van der Waals surface area contributed by atoms with E-state index in [2.05, 4.69) is 49.3 Å². The van der Waals surface area contributed by atoms with Gasteiger partial charge in [-0.05, 0) is 43.5 Å². The zero-order valence-electron chi connectivity index (χ0n) is 10.4. The van der Waals surface area contributed by atoms with Gasteiger partial charge in [0.15, 0.2) is 0 Å². The summed E-state index contributed by atoms with van der Waals surface area (Å²) >= 11 is 0. The van der Waals surface area contributed by atoms with Gasteiger partial charge < -0.3 is 5.32 Å². The van der Waals surface area contributed by atoms with Gasteiger partial charge in [0.05, 0.1) is 5.52 Å². The molecule has 2 nitrogen and oxygen atoms in total. The number of benzene rings is 1. The first-order chi connectivity index (χ1) is 7.65. The highest BCUT2D eigenvalue weighted by molar-refractivity contribution is 5.94. The Morgan fingerprint density at radius 2 is 1.94 bits per heavy atom. The average molecular weight is 214 g/mol. The topological polar surface area (TPSA) is 24.9 Å². The Labute approximate surface area is 96.7 Å². The summed E-state index contributed by atoms with van der Waals surface area (Å²) in [6.45, 7) is 6.39. The van der Waals surface area contributed by atoms with E-state index in [9.17, 15) is 0 Å².